The van der Waals surface area contributed by atoms with Gasteiger partial charge in [0.25, 0.3) is 5.91 Å². The number of carbonyl (C=O) groups is 1. The van der Waals surface area contributed by atoms with Crippen molar-refractivity contribution in [3.05, 3.63) is 82.1 Å². The van der Waals surface area contributed by atoms with Gasteiger partial charge in [-0.2, -0.15) is 0 Å². The van der Waals surface area contributed by atoms with Crippen LogP contribution in [-0.4, -0.2) is 99.1 Å². The second-order valence-corrected chi connectivity index (χ2v) is 14.2. The van der Waals surface area contributed by atoms with Crippen molar-refractivity contribution in [3.63, 3.8) is 0 Å². The summed E-state index contributed by atoms with van der Waals surface area (Å²) in [4.78, 5) is 32.3. The van der Waals surface area contributed by atoms with E-state index in [0.29, 0.717) is 48.3 Å². The van der Waals surface area contributed by atoms with Crippen molar-refractivity contribution in [2.45, 2.75) is 52.9 Å². The number of carbonyl (C=O) groups excluding carboxylic acids is 1. The zero-order chi connectivity index (χ0) is 38.2. The predicted octanol–water partition coefficient (Wildman–Crippen LogP) is 4.22. The van der Waals surface area contributed by atoms with E-state index in [1.165, 1.54) is 81.3 Å². The third kappa shape index (κ3) is 9.79. The van der Waals surface area contributed by atoms with E-state index in [0.717, 1.165) is 37.5 Å². The van der Waals surface area contributed by atoms with Gasteiger partial charge in [0.1, 0.15) is 40.2 Å². The molecule has 1 amide bonds. The highest BCUT2D eigenvalue weighted by Crippen LogP contribution is 2.34. The summed E-state index contributed by atoms with van der Waals surface area (Å²) in [6.45, 7) is 15.7. The highest BCUT2D eigenvalue weighted by molar-refractivity contribution is 6.08. The minimum absolute atomic E-state index is 0. The van der Waals surface area contributed by atoms with Gasteiger partial charge in [0.05, 0.1) is 69.7 Å². The molecule has 3 fully saturated rings. The summed E-state index contributed by atoms with van der Waals surface area (Å²) in [5.74, 6) is -0.584. The molecule has 4 aromatic rings. The van der Waals surface area contributed by atoms with Crippen LogP contribution < -0.4 is 46.3 Å². The number of ether oxygens (including phenoxy) is 4. The molecule has 3 aromatic carbocycles. The van der Waals surface area contributed by atoms with Gasteiger partial charge in [0.2, 0.25) is 5.43 Å². The maximum absolute atomic E-state index is 14.3. The van der Waals surface area contributed by atoms with Crippen LogP contribution in [-0.2, 0) is 0 Å². The van der Waals surface area contributed by atoms with Gasteiger partial charge in [-0.25, -0.2) is 8.78 Å². The Kier molecular flexibility index (Phi) is 14.6. The maximum Gasteiger partial charge on any atom is 0.263 e. The van der Waals surface area contributed by atoms with Gasteiger partial charge in [0, 0.05) is 74.5 Å². The maximum atomic E-state index is 14.3. The molecule has 13 heteroatoms. The molecule has 3 aliphatic heterocycles. The first kappa shape index (κ1) is 42.0. The van der Waals surface area contributed by atoms with Crippen LogP contribution in [0.1, 0.15) is 63.2 Å². The highest BCUT2D eigenvalue weighted by Gasteiger charge is 2.37. The minimum Gasteiger partial charge on any atom is -1.00 e. The first-order valence-corrected chi connectivity index (χ1v) is 19.3. The topological polar surface area (TPSA) is 82.5 Å². The van der Waals surface area contributed by atoms with E-state index >= 15 is 0 Å². The van der Waals surface area contributed by atoms with Crippen molar-refractivity contribution >= 4 is 22.5 Å². The summed E-state index contributed by atoms with van der Waals surface area (Å²) in [5, 5.41) is 0.151. The number of aromatic nitrogens is 1. The number of benzene rings is 3. The molecule has 0 N–H and O–H groups in total. The number of pyridine rings is 1. The predicted molar refractivity (Wildman–Crippen MR) is 207 cm³/mol. The number of piperazine rings is 3. The number of quaternary nitrogens is 1. The minimum atomic E-state index is -0.837. The summed E-state index contributed by atoms with van der Waals surface area (Å²) in [7, 11) is 1.46. The van der Waals surface area contributed by atoms with Crippen LogP contribution in [0.2, 0.25) is 0 Å². The third-order valence-corrected chi connectivity index (χ3v) is 10.7. The normalized spacial score (nSPS) is 17.5. The number of anilines is 1. The molecule has 3 saturated heterocycles. The average Bonchev–Trinajstić information content (AvgIpc) is 3.16. The van der Waals surface area contributed by atoms with Crippen LogP contribution in [0.5, 0.6) is 23.0 Å². The van der Waals surface area contributed by atoms with Crippen molar-refractivity contribution in [2.24, 2.45) is 0 Å². The van der Waals surface area contributed by atoms with E-state index in [-0.39, 0.29) is 45.9 Å². The fourth-order valence-electron chi connectivity index (χ4n) is 7.81. The van der Waals surface area contributed by atoms with Crippen LogP contribution in [0.3, 0.4) is 0 Å². The largest absolute Gasteiger partial charge is 1.00 e. The van der Waals surface area contributed by atoms with E-state index in [2.05, 4.69) is 4.90 Å². The Labute approximate surface area is 332 Å². The number of methoxy groups -OCH3 is 1. The van der Waals surface area contributed by atoms with Crippen molar-refractivity contribution in [2.75, 3.05) is 84.2 Å². The standard InChI is InChI=1S/C42H53F2N4O6.BrH/c1-5-46(32-22-30(43)21-31(44)23-32)42(50)37-29-47(33-24-34(52-6-2)26-35(25-33)53-7-3)38-27-36(28-39(51-4)40(38)41(37)49)54-20-12-10-8-9-11-16-48-17-13-45(14-18-48)15-19-48;/h21-29H,5-20H2,1-4H3;1H/q+1;/p-1. The molecule has 10 nitrogen and oxygen atoms in total. The highest BCUT2D eigenvalue weighted by atomic mass is 79.9. The quantitative estimate of drug-likeness (QED) is 0.110. The van der Waals surface area contributed by atoms with E-state index in [9.17, 15) is 18.4 Å². The third-order valence-electron chi connectivity index (χ3n) is 10.7. The lowest BCUT2D eigenvalue weighted by atomic mass is 10.1. The molecular formula is C42H53BrF2N4O6. The first-order chi connectivity index (χ1) is 26.2. The second-order valence-electron chi connectivity index (χ2n) is 14.2. The molecule has 0 aliphatic carbocycles. The van der Waals surface area contributed by atoms with Crippen molar-refractivity contribution in [1.29, 1.82) is 0 Å². The molecule has 0 atom stereocenters. The van der Waals surface area contributed by atoms with Gasteiger partial charge in [0.15, 0.2) is 0 Å². The molecule has 4 heterocycles. The number of halogens is 3. The van der Waals surface area contributed by atoms with Gasteiger partial charge in [-0.15, -0.1) is 0 Å². The summed E-state index contributed by atoms with van der Waals surface area (Å²) < 4.78 is 55.3. The molecule has 1 aromatic heterocycles. The van der Waals surface area contributed by atoms with Crippen LogP contribution in [0.4, 0.5) is 14.5 Å². The number of nitrogens with zero attached hydrogens (tertiary/aromatic N) is 4. The lowest BCUT2D eigenvalue weighted by Crippen LogP contribution is -3.00. The first-order valence-electron chi connectivity index (χ1n) is 19.3. The van der Waals surface area contributed by atoms with Crippen LogP contribution in [0.15, 0.2) is 59.5 Å². The molecule has 0 spiro atoms. The van der Waals surface area contributed by atoms with Crippen molar-refractivity contribution < 1.29 is 54.0 Å². The summed E-state index contributed by atoms with van der Waals surface area (Å²) in [6.07, 6.45) is 7.02. The monoisotopic (exact) mass is 826 g/mol. The number of unbranched alkanes of at least 4 members (excludes halogenated alkanes) is 4. The Balaban J connectivity index is 0.00000580. The summed E-state index contributed by atoms with van der Waals surface area (Å²) >= 11 is 0. The number of hydrogen-bond donors (Lipinski definition) is 0. The molecular weight excluding hydrogens is 774 g/mol. The Morgan fingerprint density at radius 1 is 0.782 bits per heavy atom. The molecule has 2 bridgehead atoms. The Hall–Kier alpha value is -4.20. The van der Waals surface area contributed by atoms with E-state index in [1.54, 1.807) is 41.8 Å². The summed E-state index contributed by atoms with van der Waals surface area (Å²) in [5.41, 5.74) is 0.181. The molecule has 7 rings (SSSR count). The lowest BCUT2D eigenvalue weighted by Gasteiger charge is -2.50. The van der Waals surface area contributed by atoms with E-state index in [1.807, 2.05) is 13.8 Å². The molecule has 0 saturated carbocycles. The number of hydrogen-bond acceptors (Lipinski definition) is 7. The molecule has 0 radical (unpaired) electrons. The Morgan fingerprint density at radius 2 is 1.38 bits per heavy atom. The van der Waals surface area contributed by atoms with Gasteiger partial charge in [-0.05, 0) is 52.2 Å². The van der Waals surface area contributed by atoms with Crippen LogP contribution in [0.25, 0.3) is 16.6 Å². The lowest BCUT2D eigenvalue weighted by molar-refractivity contribution is -0.941. The molecule has 298 valence electrons. The SMILES string of the molecule is CCOc1cc(OCC)cc(-n2cc(C(=O)N(CC)c3cc(F)cc(F)c3)c(=O)c3c(OC)cc(OCCCCCCC[N+]45CCN(CC4)CC5)cc32)c1.[Br-]. The van der Waals surface area contributed by atoms with Gasteiger partial charge in [-0.3, -0.25) is 14.5 Å². The molecule has 0 unspecified atom stereocenters. The smallest absolute Gasteiger partial charge is 0.263 e. The van der Waals surface area contributed by atoms with Crippen molar-refractivity contribution in [3.8, 4) is 28.7 Å². The van der Waals surface area contributed by atoms with Gasteiger partial charge < -0.3 is 49.9 Å². The van der Waals surface area contributed by atoms with Crippen LogP contribution in [0, 0.1) is 11.6 Å². The molecule has 3 aliphatic rings. The number of fused-ring (bicyclic) bond motifs is 4. The van der Waals surface area contributed by atoms with Gasteiger partial charge in [-0.1, -0.05) is 12.8 Å². The van der Waals surface area contributed by atoms with Gasteiger partial charge >= 0.3 is 0 Å². The number of amides is 1. The summed E-state index contributed by atoms with van der Waals surface area (Å²) in [6, 6.07) is 11.6. The van der Waals surface area contributed by atoms with Crippen molar-refractivity contribution in [1.82, 2.24) is 9.47 Å². The second kappa shape index (κ2) is 19.1. The Morgan fingerprint density at radius 3 is 1.98 bits per heavy atom. The zero-order valence-electron chi connectivity index (χ0n) is 32.4. The molecule has 55 heavy (non-hydrogen) atoms. The average molecular weight is 828 g/mol. The van der Waals surface area contributed by atoms with E-state index < -0.39 is 23.0 Å². The number of rotatable bonds is 18. The Bertz CT molecular complexity index is 1940. The van der Waals surface area contributed by atoms with E-state index in [4.69, 9.17) is 18.9 Å². The van der Waals surface area contributed by atoms with Crippen LogP contribution >= 0.6 is 0 Å². The zero-order valence-corrected chi connectivity index (χ0v) is 34.0. The fourth-order valence-corrected chi connectivity index (χ4v) is 7.81. The fraction of sp³-hybridized carbons (Fsp3) is 0.476.